The lowest BCUT2D eigenvalue weighted by atomic mass is 10.0. The van der Waals surface area contributed by atoms with Crippen LogP contribution >= 0.6 is 7.82 Å². The highest BCUT2D eigenvalue weighted by molar-refractivity contribution is 7.47. The van der Waals surface area contributed by atoms with E-state index in [2.05, 4.69) is 86.8 Å². The summed E-state index contributed by atoms with van der Waals surface area (Å²) in [4.78, 5) is 35.0. The van der Waals surface area contributed by atoms with E-state index in [4.69, 9.17) is 24.3 Å². The fourth-order valence-electron chi connectivity index (χ4n) is 6.66. The Bertz CT molecular complexity index is 1240. The summed E-state index contributed by atoms with van der Waals surface area (Å²) in [6.45, 7) is 3.60. The van der Waals surface area contributed by atoms with Crippen molar-refractivity contribution in [3.8, 4) is 0 Å². The van der Waals surface area contributed by atoms with Gasteiger partial charge in [0.15, 0.2) is 6.10 Å². The van der Waals surface area contributed by atoms with Crippen LogP contribution in [-0.4, -0.2) is 49.3 Å². The molecular formula is C52H92NO8P. The van der Waals surface area contributed by atoms with Crippen molar-refractivity contribution < 1.29 is 37.6 Å². The van der Waals surface area contributed by atoms with E-state index >= 15 is 0 Å². The van der Waals surface area contributed by atoms with Crippen LogP contribution in [0.25, 0.3) is 0 Å². The Hall–Kier alpha value is -2.55. The van der Waals surface area contributed by atoms with Gasteiger partial charge in [0.1, 0.15) is 6.61 Å². The van der Waals surface area contributed by atoms with E-state index in [1.54, 1.807) is 0 Å². The second-order valence-corrected chi connectivity index (χ2v) is 17.8. The normalized spacial score (nSPS) is 13.8. The van der Waals surface area contributed by atoms with Crippen molar-refractivity contribution in [3.05, 3.63) is 72.9 Å². The van der Waals surface area contributed by atoms with Gasteiger partial charge in [0.25, 0.3) is 0 Å². The molecule has 9 nitrogen and oxygen atoms in total. The van der Waals surface area contributed by atoms with Crippen molar-refractivity contribution in [2.45, 2.75) is 219 Å². The number of carbonyl (C=O) groups is 2. The maximum Gasteiger partial charge on any atom is 0.472 e. The lowest BCUT2D eigenvalue weighted by molar-refractivity contribution is -0.161. The van der Waals surface area contributed by atoms with Crippen LogP contribution in [0.2, 0.25) is 0 Å². The average Bonchev–Trinajstić information content (AvgIpc) is 3.26. The molecule has 10 heteroatoms. The second kappa shape index (κ2) is 47.9. The number of esters is 2. The number of phosphoric ester groups is 1. The van der Waals surface area contributed by atoms with E-state index < -0.39 is 32.5 Å². The first-order chi connectivity index (χ1) is 30.3. The molecule has 0 heterocycles. The highest BCUT2D eigenvalue weighted by Gasteiger charge is 2.26. The third-order valence-electron chi connectivity index (χ3n) is 10.3. The van der Waals surface area contributed by atoms with Crippen molar-refractivity contribution in [3.63, 3.8) is 0 Å². The van der Waals surface area contributed by atoms with Crippen molar-refractivity contribution >= 4 is 19.8 Å². The van der Waals surface area contributed by atoms with Crippen LogP contribution in [0.15, 0.2) is 72.9 Å². The van der Waals surface area contributed by atoms with Gasteiger partial charge in [0, 0.05) is 19.4 Å². The average molecular weight is 890 g/mol. The predicted octanol–water partition coefficient (Wildman–Crippen LogP) is 15.0. The molecule has 2 unspecified atom stereocenters. The summed E-state index contributed by atoms with van der Waals surface area (Å²) in [6, 6.07) is 0. The van der Waals surface area contributed by atoms with E-state index in [-0.39, 0.29) is 32.6 Å². The van der Waals surface area contributed by atoms with Gasteiger partial charge in [-0.2, -0.15) is 0 Å². The minimum atomic E-state index is -4.39. The van der Waals surface area contributed by atoms with Gasteiger partial charge in [-0.15, -0.1) is 0 Å². The van der Waals surface area contributed by atoms with Crippen LogP contribution in [-0.2, 0) is 32.7 Å². The smallest absolute Gasteiger partial charge is 0.462 e. The maximum atomic E-state index is 12.7. The summed E-state index contributed by atoms with van der Waals surface area (Å²) >= 11 is 0. The van der Waals surface area contributed by atoms with Crippen molar-refractivity contribution in [2.24, 2.45) is 5.73 Å². The number of phosphoric acid groups is 1. The van der Waals surface area contributed by atoms with E-state index in [9.17, 15) is 19.0 Å². The Labute approximate surface area is 380 Å². The van der Waals surface area contributed by atoms with Crippen LogP contribution in [0.1, 0.15) is 213 Å². The largest absolute Gasteiger partial charge is 0.472 e. The molecule has 3 N–H and O–H groups in total. The van der Waals surface area contributed by atoms with Gasteiger partial charge in [0.05, 0.1) is 13.2 Å². The number of rotatable bonds is 46. The number of nitrogens with two attached hydrogens (primary N) is 1. The third kappa shape index (κ3) is 46.9. The predicted molar refractivity (Wildman–Crippen MR) is 261 cm³/mol. The zero-order valence-electron chi connectivity index (χ0n) is 39.6. The fourth-order valence-corrected chi connectivity index (χ4v) is 7.42. The molecule has 0 aromatic heterocycles. The van der Waals surface area contributed by atoms with Gasteiger partial charge in [-0.3, -0.25) is 18.6 Å². The second-order valence-electron chi connectivity index (χ2n) is 16.3. The first-order valence-corrected chi connectivity index (χ1v) is 26.4. The molecule has 0 aromatic rings. The molecule has 0 fully saturated rings. The van der Waals surface area contributed by atoms with Crippen LogP contribution in [0.5, 0.6) is 0 Å². The van der Waals surface area contributed by atoms with Gasteiger partial charge in [-0.05, 0) is 83.5 Å². The molecule has 358 valence electrons. The highest BCUT2D eigenvalue weighted by atomic mass is 31.2. The topological polar surface area (TPSA) is 134 Å². The summed E-state index contributed by atoms with van der Waals surface area (Å²) in [5.74, 6) is -0.843. The van der Waals surface area contributed by atoms with Crippen LogP contribution in [0.3, 0.4) is 0 Å². The van der Waals surface area contributed by atoms with Gasteiger partial charge in [-0.25, -0.2) is 4.57 Å². The molecule has 0 spiro atoms. The van der Waals surface area contributed by atoms with Crippen LogP contribution in [0.4, 0.5) is 0 Å². The number of ether oxygens (including phenoxy) is 2. The monoisotopic (exact) mass is 890 g/mol. The first kappa shape index (κ1) is 59.5. The summed E-state index contributed by atoms with van der Waals surface area (Å²) < 4.78 is 32.9. The SMILES string of the molecule is CC/C=C\C/C=C\C/C=C\C/C=C\CCCCCCCCCCCCC(=O)OC(COC(=O)CCCCCCCCC/C=C\C/C=C\CCCCCC)COP(=O)(O)OCCN. The highest BCUT2D eigenvalue weighted by Crippen LogP contribution is 2.43. The van der Waals surface area contributed by atoms with E-state index in [1.807, 2.05) is 0 Å². The molecule has 0 radical (unpaired) electrons. The summed E-state index contributed by atoms with van der Waals surface area (Å²) in [7, 11) is -4.39. The number of carbonyl (C=O) groups excluding carboxylic acids is 2. The maximum absolute atomic E-state index is 12.7. The fraction of sp³-hybridized carbons (Fsp3) is 0.731. The molecule has 0 aliphatic rings. The third-order valence-corrected chi connectivity index (χ3v) is 11.3. The van der Waals surface area contributed by atoms with Crippen molar-refractivity contribution in [1.82, 2.24) is 0 Å². The molecule has 0 bridgehead atoms. The zero-order chi connectivity index (χ0) is 45.3. The van der Waals surface area contributed by atoms with Gasteiger partial charge >= 0.3 is 19.8 Å². The number of unbranched alkanes of at least 4 members (excludes halogenated alkanes) is 21. The van der Waals surface area contributed by atoms with Crippen molar-refractivity contribution in [1.29, 1.82) is 0 Å². The molecule has 0 aliphatic carbocycles. The van der Waals surface area contributed by atoms with E-state index in [1.165, 1.54) is 89.9 Å². The van der Waals surface area contributed by atoms with Gasteiger partial charge < -0.3 is 20.1 Å². The lowest BCUT2D eigenvalue weighted by Crippen LogP contribution is -2.29. The molecule has 2 atom stereocenters. The molecule has 62 heavy (non-hydrogen) atoms. The van der Waals surface area contributed by atoms with E-state index in [0.29, 0.717) is 6.42 Å². The van der Waals surface area contributed by atoms with Crippen LogP contribution < -0.4 is 5.73 Å². The minimum absolute atomic E-state index is 0.0485. The molecule has 0 aliphatic heterocycles. The minimum Gasteiger partial charge on any atom is -0.462 e. The van der Waals surface area contributed by atoms with E-state index in [0.717, 1.165) is 89.9 Å². The van der Waals surface area contributed by atoms with Gasteiger partial charge in [0.2, 0.25) is 0 Å². The lowest BCUT2D eigenvalue weighted by Gasteiger charge is -2.19. The Morgan fingerprint density at radius 1 is 0.500 bits per heavy atom. The number of hydrogen-bond acceptors (Lipinski definition) is 8. The van der Waals surface area contributed by atoms with Crippen molar-refractivity contribution in [2.75, 3.05) is 26.4 Å². The Morgan fingerprint density at radius 2 is 0.887 bits per heavy atom. The van der Waals surface area contributed by atoms with Gasteiger partial charge in [-0.1, -0.05) is 189 Å². The van der Waals surface area contributed by atoms with Crippen LogP contribution in [0, 0.1) is 0 Å². The first-order valence-electron chi connectivity index (χ1n) is 24.9. The summed E-state index contributed by atoms with van der Waals surface area (Å²) in [6.07, 6.45) is 59.3. The molecule has 0 saturated heterocycles. The molecular weight excluding hydrogens is 798 g/mol. The zero-order valence-corrected chi connectivity index (χ0v) is 40.5. The Kier molecular flexibility index (Phi) is 45.9. The molecule has 0 aromatic carbocycles. The number of hydrogen-bond donors (Lipinski definition) is 2. The standard InChI is InChI=1S/C52H92NO8P/c1-3-5-7-9-11-13-15-17-19-21-23-24-25-26-27-29-31-33-35-37-39-41-43-45-52(55)61-50(49-60-62(56,57)59-47-46-53)48-58-51(54)44-42-40-38-36-34-32-30-28-22-20-18-16-14-12-10-8-6-4-2/h5,7,11,13-14,16-17,19-20,22-24,50H,3-4,6,8-10,12,15,18,21,25-49,53H2,1-2H3,(H,56,57)/b7-5-,13-11-,16-14-,19-17-,22-20-,24-23-. The quantitative estimate of drug-likeness (QED) is 0.0265. The Balaban J connectivity index is 4.09. The summed E-state index contributed by atoms with van der Waals surface area (Å²) in [5, 5.41) is 0. The molecule has 0 saturated carbocycles. The molecule has 0 amide bonds. The number of allylic oxidation sites excluding steroid dienone is 12. The Morgan fingerprint density at radius 3 is 1.32 bits per heavy atom. The summed E-state index contributed by atoms with van der Waals surface area (Å²) in [5.41, 5.74) is 5.36. The molecule has 0 rings (SSSR count).